The maximum atomic E-state index is 12.3. The number of carboxylic acid groups (broad SMARTS) is 1. The van der Waals surface area contributed by atoms with Crippen LogP contribution in [-0.2, 0) is 24.1 Å². The van der Waals surface area contributed by atoms with Crippen molar-refractivity contribution in [1.82, 2.24) is 9.97 Å². The number of piperidine rings is 1. The van der Waals surface area contributed by atoms with Gasteiger partial charge in [0.25, 0.3) is 0 Å². The molecule has 1 aromatic heterocycles. The van der Waals surface area contributed by atoms with E-state index >= 15 is 0 Å². The first-order valence-corrected chi connectivity index (χ1v) is 9.56. The van der Waals surface area contributed by atoms with E-state index in [1.807, 2.05) is 42.2 Å². The van der Waals surface area contributed by atoms with Gasteiger partial charge < -0.3 is 15.1 Å². The van der Waals surface area contributed by atoms with Crippen LogP contribution in [0.2, 0.25) is 0 Å². The first kappa shape index (κ1) is 17.9. The molecule has 2 heterocycles. The number of anilines is 1. The second-order valence-electron chi connectivity index (χ2n) is 7.74. The minimum absolute atomic E-state index is 0.205. The van der Waals surface area contributed by atoms with E-state index in [9.17, 15) is 15.0 Å². The van der Waals surface area contributed by atoms with E-state index < -0.39 is 17.5 Å². The number of carboxylic acids is 1. The second-order valence-corrected chi connectivity index (χ2v) is 7.74. The van der Waals surface area contributed by atoms with Crippen LogP contribution >= 0.6 is 0 Å². The summed E-state index contributed by atoms with van der Waals surface area (Å²) in [5.74, 6) is -0.375. The summed E-state index contributed by atoms with van der Waals surface area (Å²) < 4.78 is 0. The van der Waals surface area contributed by atoms with Crippen LogP contribution in [-0.4, -0.2) is 45.3 Å². The third-order valence-corrected chi connectivity index (χ3v) is 5.98. The fourth-order valence-corrected chi connectivity index (χ4v) is 4.42. The largest absolute Gasteiger partial charge is 0.481 e. The van der Waals surface area contributed by atoms with Gasteiger partial charge in [-0.25, -0.2) is 9.97 Å². The van der Waals surface area contributed by atoms with Gasteiger partial charge in [0.2, 0.25) is 5.95 Å². The molecule has 1 aliphatic carbocycles. The van der Waals surface area contributed by atoms with E-state index in [-0.39, 0.29) is 13.0 Å². The van der Waals surface area contributed by atoms with Crippen LogP contribution in [0.25, 0.3) is 0 Å². The maximum absolute atomic E-state index is 12.3. The van der Waals surface area contributed by atoms with E-state index in [2.05, 4.69) is 4.98 Å². The SMILES string of the molecule is Cc1nc(N2CC[C@H](O)[C@](Cc3ccccc3)(C(=O)O)C2)nc2c1CCC2. The average molecular weight is 367 g/mol. The molecule has 6 heteroatoms. The molecule has 0 bridgehead atoms. The lowest BCUT2D eigenvalue weighted by Crippen LogP contribution is -2.57. The minimum Gasteiger partial charge on any atom is -0.481 e. The molecule has 0 spiro atoms. The van der Waals surface area contributed by atoms with Crippen molar-refractivity contribution in [3.63, 3.8) is 0 Å². The molecule has 2 atom stereocenters. The maximum Gasteiger partial charge on any atom is 0.314 e. The van der Waals surface area contributed by atoms with Gasteiger partial charge in [-0.15, -0.1) is 0 Å². The molecule has 2 N–H and O–H groups in total. The fourth-order valence-electron chi connectivity index (χ4n) is 4.42. The Labute approximate surface area is 158 Å². The van der Waals surface area contributed by atoms with E-state index in [1.54, 1.807) is 0 Å². The number of aryl methyl sites for hydroxylation is 2. The van der Waals surface area contributed by atoms with Crippen molar-refractivity contribution in [1.29, 1.82) is 0 Å². The highest BCUT2D eigenvalue weighted by Gasteiger charge is 2.49. The van der Waals surface area contributed by atoms with Crippen LogP contribution in [0, 0.1) is 12.3 Å². The summed E-state index contributed by atoms with van der Waals surface area (Å²) in [6, 6.07) is 9.51. The molecule has 1 aromatic carbocycles. The van der Waals surface area contributed by atoms with E-state index in [0.29, 0.717) is 18.9 Å². The molecular weight excluding hydrogens is 342 g/mol. The van der Waals surface area contributed by atoms with Gasteiger partial charge in [0.1, 0.15) is 5.41 Å². The molecule has 142 valence electrons. The topological polar surface area (TPSA) is 86.5 Å². The first-order valence-electron chi connectivity index (χ1n) is 9.56. The van der Waals surface area contributed by atoms with Crippen molar-refractivity contribution >= 4 is 11.9 Å². The van der Waals surface area contributed by atoms with Gasteiger partial charge in [-0.1, -0.05) is 30.3 Å². The van der Waals surface area contributed by atoms with Crippen molar-refractivity contribution in [2.75, 3.05) is 18.0 Å². The number of aromatic nitrogens is 2. The Morgan fingerprint density at radius 3 is 2.78 bits per heavy atom. The predicted molar refractivity (Wildman–Crippen MR) is 102 cm³/mol. The van der Waals surface area contributed by atoms with Gasteiger partial charge in [-0.2, -0.15) is 0 Å². The van der Waals surface area contributed by atoms with Gasteiger partial charge in [0.05, 0.1) is 6.10 Å². The Hall–Kier alpha value is -2.47. The summed E-state index contributed by atoms with van der Waals surface area (Å²) in [6.07, 6.45) is 2.84. The quantitative estimate of drug-likeness (QED) is 0.861. The smallest absolute Gasteiger partial charge is 0.314 e. The first-order chi connectivity index (χ1) is 13.0. The Balaban J connectivity index is 1.67. The molecule has 4 rings (SSSR count). The van der Waals surface area contributed by atoms with Gasteiger partial charge in [0, 0.05) is 24.5 Å². The number of fused-ring (bicyclic) bond motifs is 1. The van der Waals surface area contributed by atoms with Gasteiger partial charge >= 0.3 is 5.97 Å². The molecule has 1 aliphatic heterocycles. The summed E-state index contributed by atoms with van der Waals surface area (Å²) in [5.41, 5.74) is 2.96. The third kappa shape index (κ3) is 3.18. The molecule has 0 saturated carbocycles. The Morgan fingerprint density at radius 2 is 2.04 bits per heavy atom. The third-order valence-electron chi connectivity index (χ3n) is 5.98. The van der Waals surface area contributed by atoms with Crippen LogP contribution in [0.4, 0.5) is 5.95 Å². The van der Waals surface area contributed by atoms with E-state index in [0.717, 1.165) is 36.2 Å². The summed E-state index contributed by atoms with van der Waals surface area (Å²) in [6.45, 7) is 2.77. The van der Waals surface area contributed by atoms with Crippen LogP contribution in [0.5, 0.6) is 0 Å². The van der Waals surface area contributed by atoms with Crippen molar-refractivity contribution < 1.29 is 15.0 Å². The number of nitrogens with zero attached hydrogens (tertiary/aromatic N) is 3. The molecular formula is C21H25N3O3. The van der Waals surface area contributed by atoms with Crippen LogP contribution in [0.3, 0.4) is 0 Å². The zero-order valence-corrected chi connectivity index (χ0v) is 15.6. The van der Waals surface area contributed by atoms with Crippen molar-refractivity contribution in [2.45, 2.75) is 45.1 Å². The zero-order chi connectivity index (χ0) is 19.0. The molecule has 2 aromatic rings. The molecule has 1 saturated heterocycles. The molecule has 27 heavy (non-hydrogen) atoms. The summed E-state index contributed by atoms with van der Waals surface area (Å²) in [7, 11) is 0. The van der Waals surface area contributed by atoms with Gasteiger partial charge in [0.15, 0.2) is 0 Å². The van der Waals surface area contributed by atoms with E-state index in [4.69, 9.17) is 4.98 Å². The lowest BCUT2D eigenvalue weighted by atomic mass is 9.73. The molecule has 0 amide bonds. The highest BCUT2D eigenvalue weighted by Crippen LogP contribution is 2.36. The fraction of sp³-hybridized carbons (Fsp3) is 0.476. The second kappa shape index (κ2) is 6.93. The van der Waals surface area contributed by atoms with Crippen molar-refractivity contribution in [2.24, 2.45) is 5.41 Å². The number of aliphatic hydroxyl groups excluding tert-OH is 1. The number of carbonyl (C=O) groups is 1. The zero-order valence-electron chi connectivity index (χ0n) is 15.6. The standard InChI is InChI=1S/C21H25N3O3/c1-14-16-8-5-9-17(16)23-20(22-14)24-11-10-18(25)21(13-24,19(26)27)12-15-6-3-2-4-7-15/h2-4,6-7,18,25H,5,8-13H2,1H3,(H,26,27)/t18-,21+/m0/s1. The number of rotatable bonds is 4. The highest BCUT2D eigenvalue weighted by molar-refractivity contribution is 5.77. The number of hydrogen-bond acceptors (Lipinski definition) is 5. The number of benzene rings is 1. The molecule has 1 fully saturated rings. The normalized spacial score (nSPS) is 24.7. The van der Waals surface area contributed by atoms with Crippen molar-refractivity contribution in [3.05, 3.63) is 52.8 Å². The lowest BCUT2D eigenvalue weighted by molar-refractivity contribution is -0.157. The van der Waals surface area contributed by atoms with E-state index in [1.165, 1.54) is 5.56 Å². The molecule has 0 radical (unpaired) electrons. The number of hydrogen-bond donors (Lipinski definition) is 2. The summed E-state index contributed by atoms with van der Waals surface area (Å²) in [4.78, 5) is 23.6. The van der Waals surface area contributed by atoms with Crippen molar-refractivity contribution in [3.8, 4) is 0 Å². The molecule has 2 aliphatic rings. The van der Waals surface area contributed by atoms with Gasteiger partial charge in [-0.3, -0.25) is 4.79 Å². The number of aliphatic carboxylic acids is 1. The Kier molecular flexibility index (Phi) is 4.60. The number of aliphatic hydroxyl groups is 1. The predicted octanol–water partition coefficient (Wildman–Crippen LogP) is 2.16. The molecule has 0 unspecified atom stereocenters. The monoisotopic (exact) mass is 367 g/mol. The Bertz CT molecular complexity index is 855. The van der Waals surface area contributed by atoms with Crippen LogP contribution in [0.1, 0.15) is 35.4 Å². The minimum atomic E-state index is -1.27. The molecule has 6 nitrogen and oxygen atoms in total. The highest BCUT2D eigenvalue weighted by atomic mass is 16.4. The van der Waals surface area contributed by atoms with Gasteiger partial charge in [-0.05, 0) is 50.2 Å². The summed E-state index contributed by atoms with van der Waals surface area (Å²) in [5, 5.41) is 20.7. The summed E-state index contributed by atoms with van der Waals surface area (Å²) >= 11 is 0. The Morgan fingerprint density at radius 1 is 1.26 bits per heavy atom. The average Bonchev–Trinajstić information content (AvgIpc) is 3.13. The van der Waals surface area contributed by atoms with Crippen LogP contribution < -0.4 is 4.90 Å². The van der Waals surface area contributed by atoms with Crippen LogP contribution in [0.15, 0.2) is 30.3 Å². The lowest BCUT2D eigenvalue weighted by Gasteiger charge is -2.43.